The lowest BCUT2D eigenvalue weighted by Gasteiger charge is -2.13. The number of methoxy groups -OCH3 is 3. The van der Waals surface area contributed by atoms with Crippen molar-refractivity contribution < 1.29 is 19.0 Å². The number of thiophene rings is 1. The summed E-state index contributed by atoms with van der Waals surface area (Å²) in [6, 6.07) is 17.0. The average molecular weight is 429 g/mol. The van der Waals surface area contributed by atoms with E-state index in [4.69, 9.17) is 26.4 Å². The zero-order valence-corrected chi connectivity index (χ0v) is 17.8. The summed E-state index contributed by atoms with van der Waals surface area (Å²) in [5.41, 5.74) is 2.15. The lowest BCUT2D eigenvalue weighted by atomic mass is 10.1. The maximum absolute atomic E-state index is 12.2. The standard InChI is InChI=1S/C21H20N2O4S2/c1-25-16-10-9-14(11-17(16)26-2)22-21(28)23-19-15(20(24)27-3)12-18(29-19)13-7-5-4-6-8-13/h4-12H,1-3H3,(H2,22,23,28). The van der Waals surface area contributed by atoms with Crippen molar-refractivity contribution in [2.24, 2.45) is 0 Å². The Hall–Kier alpha value is -3.10. The van der Waals surface area contributed by atoms with E-state index in [1.54, 1.807) is 32.4 Å². The maximum atomic E-state index is 12.2. The van der Waals surface area contributed by atoms with Gasteiger partial charge in [0.25, 0.3) is 0 Å². The lowest BCUT2D eigenvalue weighted by molar-refractivity contribution is 0.0602. The third-order valence-electron chi connectivity index (χ3n) is 4.06. The van der Waals surface area contributed by atoms with E-state index >= 15 is 0 Å². The number of hydrogen-bond acceptors (Lipinski definition) is 6. The van der Waals surface area contributed by atoms with Crippen molar-refractivity contribution in [1.82, 2.24) is 0 Å². The molecule has 1 aromatic heterocycles. The predicted molar refractivity (Wildman–Crippen MR) is 120 cm³/mol. The number of nitrogens with one attached hydrogen (secondary N) is 2. The van der Waals surface area contributed by atoms with Crippen LogP contribution in [0.1, 0.15) is 10.4 Å². The van der Waals surface area contributed by atoms with Gasteiger partial charge < -0.3 is 24.8 Å². The summed E-state index contributed by atoms with van der Waals surface area (Å²) in [4.78, 5) is 13.2. The van der Waals surface area contributed by atoms with Gasteiger partial charge in [0.2, 0.25) is 0 Å². The van der Waals surface area contributed by atoms with Crippen LogP contribution in [0.25, 0.3) is 10.4 Å². The number of esters is 1. The summed E-state index contributed by atoms with van der Waals surface area (Å²) in [6.45, 7) is 0. The first-order valence-electron chi connectivity index (χ1n) is 8.63. The molecule has 2 N–H and O–H groups in total. The minimum Gasteiger partial charge on any atom is -0.493 e. The van der Waals surface area contributed by atoms with E-state index in [2.05, 4.69) is 10.6 Å². The maximum Gasteiger partial charge on any atom is 0.340 e. The predicted octanol–water partition coefficient (Wildman–Crippen LogP) is 5.03. The third-order valence-corrected chi connectivity index (χ3v) is 5.37. The Labute approximate surface area is 178 Å². The Morgan fingerprint density at radius 2 is 1.66 bits per heavy atom. The van der Waals surface area contributed by atoms with Crippen LogP contribution in [0.15, 0.2) is 54.6 Å². The van der Waals surface area contributed by atoms with E-state index in [-0.39, 0.29) is 0 Å². The Bertz CT molecular complexity index is 1020. The van der Waals surface area contributed by atoms with Crippen LogP contribution >= 0.6 is 23.6 Å². The fraction of sp³-hybridized carbons (Fsp3) is 0.143. The SMILES string of the molecule is COC(=O)c1cc(-c2ccccc2)sc1NC(=S)Nc1ccc(OC)c(OC)c1. The first-order valence-corrected chi connectivity index (χ1v) is 9.85. The van der Waals surface area contributed by atoms with Gasteiger partial charge in [-0.2, -0.15) is 0 Å². The van der Waals surface area contributed by atoms with E-state index in [9.17, 15) is 4.79 Å². The van der Waals surface area contributed by atoms with Crippen LogP contribution < -0.4 is 20.1 Å². The molecule has 1 heterocycles. The van der Waals surface area contributed by atoms with Crippen molar-refractivity contribution in [1.29, 1.82) is 0 Å². The quantitative estimate of drug-likeness (QED) is 0.422. The molecule has 2 aromatic carbocycles. The highest BCUT2D eigenvalue weighted by molar-refractivity contribution is 7.80. The summed E-state index contributed by atoms with van der Waals surface area (Å²) in [7, 11) is 4.50. The molecule has 0 amide bonds. The van der Waals surface area contributed by atoms with E-state index in [1.165, 1.54) is 18.4 Å². The van der Waals surface area contributed by atoms with Crippen LogP contribution in [-0.2, 0) is 4.74 Å². The molecule has 0 atom stereocenters. The normalized spacial score (nSPS) is 10.2. The first-order chi connectivity index (χ1) is 14.0. The van der Waals surface area contributed by atoms with Gasteiger partial charge in [0.1, 0.15) is 5.00 Å². The van der Waals surface area contributed by atoms with E-state index in [0.29, 0.717) is 27.2 Å². The van der Waals surface area contributed by atoms with Crippen LogP contribution in [-0.4, -0.2) is 32.4 Å². The molecule has 0 unspecified atom stereocenters. The van der Waals surface area contributed by atoms with Crippen molar-refractivity contribution in [2.75, 3.05) is 32.0 Å². The molecule has 150 valence electrons. The molecule has 0 aliphatic rings. The van der Waals surface area contributed by atoms with E-state index in [0.717, 1.165) is 16.1 Å². The topological polar surface area (TPSA) is 68.8 Å². The van der Waals surface area contributed by atoms with Gasteiger partial charge in [-0.1, -0.05) is 30.3 Å². The summed E-state index contributed by atoms with van der Waals surface area (Å²) in [6.07, 6.45) is 0. The molecule has 0 radical (unpaired) electrons. The fourth-order valence-electron chi connectivity index (χ4n) is 2.67. The number of benzene rings is 2. The lowest BCUT2D eigenvalue weighted by Crippen LogP contribution is -2.20. The van der Waals surface area contributed by atoms with Gasteiger partial charge in [0.05, 0.1) is 26.9 Å². The number of ether oxygens (including phenoxy) is 3. The second-order valence-electron chi connectivity index (χ2n) is 5.86. The highest BCUT2D eigenvalue weighted by Gasteiger charge is 2.18. The van der Waals surface area contributed by atoms with Crippen LogP contribution in [0.5, 0.6) is 11.5 Å². The average Bonchev–Trinajstić information content (AvgIpc) is 3.17. The van der Waals surface area contributed by atoms with Crippen molar-refractivity contribution >= 4 is 45.3 Å². The molecule has 0 saturated heterocycles. The summed E-state index contributed by atoms with van der Waals surface area (Å²) in [5, 5.41) is 7.13. The van der Waals surface area contributed by atoms with Crippen LogP contribution in [0, 0.1) is 0 Å². The summed E-state index contributed by atoms with van der Waals surface area (Å²) >= 11 is 6.85. The number of carbonyl (C=O) groups is 1. The molecule has 0 aliphatic carbocycles. The van der Waals surface area contributed by atoms with Crippen molar-refractivity contribution in [3.8, 4) is 21.9 Å². The molecule has 29 heavy (non-hydrogen) atoms. The number of carbonyl (C=O) groups excluding carboxylic acids is 1. The molecule has 0 fully saturated rings. The Balaban J connectivity index is 1.82. The Kier molecular flexibility index (Phi) is 6.69. The molecule has 0 bridgehead atoms. The number of thiocarbonyl (C=S) groups is 1. The number of hydrogen-bond donors (Lipinski definition) is 2. The fourth-order valence-corrected chi connectivity index (χ4v) is 4.01. The molecular weight excluding hydrogens is 408 g/mol. The third kappa shape index (κ3) is 4.85. The molecular formula is C21H20N2O4S2. The zero-order chi connectivity index (χ0) is 20.8. The Morgan fingerprint density at radius 3 is 2.31 bits per heavy atom. The number of rotatable bonds is 6. The summed E-state index contributed by atoms with van der Waals surface area (Å²) in [5.74, 6) is 0.772. The molecule has 3 aromatic rings. The van der Waals surface area contributed by atoms with Gasteiger partial charge in [-0.05, 0) is 36.0 Å². The minimum atomic E-state index is -0.431. The smallest absolute Gasteiger partial charge is 0.340 e. The van der Waals surface area contributed by atoms with Crippen molar-refractivity contribution in [2.45, 2.75) is 0 Å². The number of anilines is 2. The second kappa shape index (κ2) is 9.40. The molecule has 6 nitrogen and oxygen atoms in total. The molecule has 0 saturated carbocycles. The van der Waals surface area contributed by atoms with Crippen molar-refractivity contribution in [3.63, 3.8) is 0 Å². The monoisotopic (exact) mass is 428 g/mol. The Morgan fingerprint density at radius 1 is 0.931 bits per heavy atom. The first kappa shape index (κ1) is 20.6. The highest BCUT2D eigenvalue weighted by atomic mass is 32.1. The van der Waals surface area contributed by atoms with Crippen LogP contribution in [0.4, 0.5) is 10.7 Å². The summed E-state index contributed by atoms with van der Waals surface area (Å²) < 4.78 is 15.5. The van der Waals surface area contributed by atoms with Crippen LogP contribution in [0.3, 0.4) is 0 Å². The highest BCUT2D eigenvalue weighted by Crippen LogP contribution is 2.36. The van der Waals surface area contributed by atoms with E-state index < -0.39 is 5.97 Å². The molecule has 3 rings (SSSR count). The van der Waals surface area contributed by atoms with Gasteiger partial charge in [0, 0.05) is 16.6 Å². The van der Waals surface area contributed by atoms with Gasteiger partial charge >= 0.3 is 5.97 Å². The second-order valence-corrected chi connectivity index (χ2v) is 7.32. The van der Waals surface area contributed by atoms with Crippen molar-refractivity contribution in [3.05, 3.63) is 60.2 Å². The largest absolute Gasteiger partial charge is 0.493 e. The van der Waals surface area contributed by atoms with E-state index in [1.807, 2.05) is 36.4 Å². The van der Waals surface area contributed by atoms with Gasteiger partial charge in [-0.25, -0.2) is 4.79 Å². The zero-order valence-electron chi connectivity index (χ0n) is 16.1. The van der Waals surface area contributed by atoms with Crippen LogP contribution in [0.2, 0.25) is 0 Å². The molecule has 0 aliphatic heterocycles. The van der Waals surface area contributed by atoms with Gasteiger partial charge in [0.15, 0.2) is 16.6 Å². The molecule has 8 heteroatoms. The minimum absolute atomic E-state index is 0.337. The van der Waals surface area contributed by atoms with Gasteiger partial charge in [-0.3, -0.25) is 0 Å². The van der Waals surface area contributed by atoms with Gasteiger partial charge in [-0.15, -0.1) is 11.3 Å². The molecule has 0 spiro atoms.